The molecule has 7 heteroatoms. The van der Waals surface area contributed by atoms with Gasteiger partial charge >= 0.3 is 0 Å². The Kier molecular flexibility index (Phi) is 3.35. The Morgan fingerprint density at radius 3 is 2.50 bits per heavy atom. The molecular weight excluding hydrogens is 258 g/mol. The second kappa shape index (κ2) is 4.84. The molecule has 2 rings (SSSR count). The molecule has 0 atom stereocenters. The number of nitrogens with two attached hydrogens (primary N) is 1. The zero-order chi connectivity index (χ0) is 14.9. The Balaban J connectivity index is 2.55. The van der Waals surface area contributed by atoms with Crippen LogP contribution in [0.15, 0.2) is 24.3 Å². The highest BCUT2D eigenvalue weighted by Gasteiger charge is 2.20. The van der Waals surface area contributed by atoms with Crippen molar-refractivity contribution in [1.82, 2.24) is 15.0 Å². The number of nitro groups is 1. The van der Waals surface area contributed by atoms with Crippen LogP contribution in [0.2, 0.25) is 0 Å². The number of hydrogen-bond donors (Lipinski definition) is 1. The maximum absolute atomic E-state index is 10.8. The van der Waals surface area contributed by atoms with Crippen LogP contribution in [0, 0.1) is 10.1 Å². The fraction of sp³-hybridized carbons (Fsp3) is 0.308. The van der Waals surface area contributed by atoms with E-state index >= 15 is 0 Å². The van der Waals surface area contributed by atoms with Crippen molar-refractivity contribution in [2.45, 2.75) is 26.2 Å². The van der Waals surface area contributed by atoms with Crippen LogP contribution >= 0.6 is 0 Å². The number of non-ortho nitro benzene ring substituents is 1. The average molecular weight is 273 g/mol. The monoisotopic (exact) mass is 273 g/mol. The van der Waals surface area contributed by atoms with E-state index in [1.807, 2.05) is 20.8 Å². The lowest BCUT2D eigenvalue weighted by atomic mass is 9.96. The van der Waals surface area contributed by atoms with Gasteiger partial charge in [0, 0.05) is 23.1 Å². The van der Waals surface area contributed by atoms with E-state index in [0.29, 0.717) is 17.2 Å². The van der Waals surface area contributed by atoms with Gasteiger partial charge in [-0.15, -0.1) is 0 Å². The maximum Gasteiger partial charge on any atom is 0.270 e. The number of aromatic nitrogens is 3. The minimum Gasteiger partial charge on any atom is -0.368 e. The van der Waals surface area contributed by atoms with Crippen molar-refractivity contribution >= 4 is 11.6 Å². The predicted octanol–water partition coefficient (Wildman–Crippen LogP) is 2.33. The summed E-state index contributed by atoms with van der Waals surface area (Å²) in [4.78, 5) is 22.9. The predicted molar refractivity (Wildman–Crippen MR) is 75.0 cm³/mol. The van der Waals surface area contributed by atoms with Gasteiger partial charge in [-0.05, 0) is 0 Å². The summed E-state index contributed by atoms with van der Waals surface area (Å²) in [6.45, 7) is 5.87. The number of benzene rings is 1. The number of rotatable bonds is 2. The lowest BCUT2D eigenvalue weighted by molar-refractivity contribution is -0.384. The first-order chi connectivity index (χ1) is 9.27. The molecular formula is C13H15N5O2. The molecule has 0 saturated carbocycles. The van der Waals surface area contributed by atoms with E-state index in [9.17, 15) is 10.1 Å². The zero-order valence-corrected chi connectivity index (χ0v) is 11.5. The standard InChI is InChI=1S/C13H15N5O2/c1-13(2,3)11-15-10(16-12(14)17-11)8-5-4-6-9(7-8)18(19)20/h4-7H,1-3H3,(H2,14,15,16,17). The molecule has 1 heterocycles. The number of nitrogen functional groups attached to an aromatic ring is 1. The average Bonchev–Trinajstić information content (AvgIpc) is 2.37. The van der Waals surface area contributed by atoms with E-state index in [2.05, 4.69) is 15.0 Å². The third kappa shape index (κ3) is 2.87. The third-order valence-corrected chi connectivity index (χ3v) is 2.64. The summed E-state index contributed by atoms with van der Waals surface area (Å²) >= 11 is 0. The van der Waals surface area contributed by atoms with Crippen molar-refractivity contribution in [2.24, 2.45) is 0 Å². The van der Waals surface area contributed by atoms with Crippen molar-refractivity contribution < 1.29 is 4.92 Å². The van der Waals surface area contributed by atoms with Crippen molar-refractivity contribution in [3.05, 3.63) is 40.2 Å². The summed E-state index contributed by atoms with van der Waals surface area (Å²) < 4.78 is 0. The van der Waals surface area contributed by atoms with Crippen LogP contribution in [0.1, 0.15) is 26.6 Å². The Hall–Kier alpha value is -2.57. The molecule has 0 aliphatic rings. The van der Waals surface area contributed by atoms with E-state index in [1.165, 1.54) is 12.1 Å². The van der Waals surface area contributed by atoms with Gasteiger partial charge in [0.05, 0.1) is 4.92 Å². The minimum atomic E-state index is -0.460. The van der Waals surface area contributed by atoms with Gasteiger partial charge in [0.25, 0.3) is 5.69 Å². The molecule has 0 fully saturated rings. The second-order valence-corrected chi connectivity index (χ2v) is 5.40. The molecule has 7 nitrogen and oxygen atoms in total. The minimum absolute atomic E-state index is 0.0150. The highest BCUT2D eigenvalue weighted by Crippen LogP contribution is 2.24. The van der Waals surface area contributed by atoms with E-state index < -0.39 is 4.92 Å². The molecule has 0 spiro atoms. The number of nitro benzene ring substituents is 1. The third-order valence-electron chi connectivity index (χ3n) is 2.64. The van der Waals surface area contributed by atoms with Crippen LogP contribution in [0.5, 0.6) is 0 Å². The van der Waals surface area contributed by atoms with E-state index in [0.717, 1.165) is 0 Å². The molecule has 2 N–H and O–H groups in total. The number of hydrogen-bond acceptors (Lipinski definition) is 6. The van der Waals surface area contributed by atoms with E-state index in [4.69, 9.17) is 5.73 Å². The van der Waals surface area contributed by atoms with Crippen LogP contribution in [0.25, 0.3) is 11.4 Å². The summed E-state index contributed by atoms with van der Waals surface area (Å²) in [5.74, 6) is 0.990. The lowest BCUT2D eigenvalue weighted by Gasteiger charge is -2.17. The smallest absolute Gasteiger partial charge is 0.270 e. The van der Waals surface area contributed by atoms with Gasteiger partial charge in [-0.2, -0.15) is 9.97 Å². The zero-order valence-electron chi connectivity index (χ0n) is 11.5. The van der Waals surface area contributed by atoms with Gasteiger partial charge in [-0.3, -0.25) is 10.1 Å². The molecule has 2 aromatic rings. The summed E-state index contributed by atoms with van der Waals surface area (Å²) in [5, 5.41) is 10.8. The Morgan fingerprint density at radius 1 is 1.20 bits per heavy atom. The molecule has 1 aromatic carbocycles. The van der Waals surface area contributed by atoms with Crippen LogP contribution < -0.4 is 5.73 Å². The Labute approximate surface area is 116 Å². The van der Waals surface area contributed by atoms with Crippen LogP contribution in [-0.4, -0.2) is 19.9 Å². The molecule has 0 radical (unpaired) electrons. The fourth-order valence-electron chi connectivity index (χ4n) is 1.62. The van der Waals surface area contributed by atoms with Crippen molar-refractivity contribution in [3.63, 3.8) is 0 Å². The topological polar surface area (TPSA) is 108 Å². The first kappa shape index (κ1) is 13.9. The first-order valence-electron chi connectivity index (χ1n) is 6.04. The highest BCUT2D eigenvalue weighted by atomic mass is 16.6. The normalized spacial score (nSPS) is 11.3. The van der Waals surface area contributed by atoms with Crippen molar-refractivity contribution in [2.75, 3.05) is 5.73 Å². The van der Waals surface area contributed by atoms with Gasteiger partial charge in [-0.1, -0.05) is 32.9 Å². The summed E-state index contributed by atoms with van der Waals surface area (Å²) in [7, 11) is 0. The number of anilines is 1. The van der Waals surface area contributed by atoms with Gasteiger partial charge in [0.15, 0.2) is 5.82 Å². The molecule has 0 saturated heterocycles. The molecule has 0 amide bonds. The van der Waals surface area contributed by atoms with Crippen LogP contribution in [0.3, 0.4) is 0 Å². The van der Waals surface area contributed by atoms with E-state index in [-0.39, 0.29) is 17.1 Å². The van der Waals surface area contributed by atoms with Crippen molar-refractivity contribution in [3.8, 4) is 11.4 Å². The molecule has 20 heavy (non-hydrogen) atoms. The van der Waals surface area contributed by atoms with Gasteiger partial charge < -0.3 is 5.73 Å². The Bertz CT molecular complexity index is 664. The highest BCUT2D eigenvalue weighted by molar-refractivity contribution is 5.59. The number of nitrogens with zero attached hydrogens (tertiary/aromatic N) is 4. The summed E-state index contributed by atoms with van der Waals surface area (Å²) in [6.07, 6.45) is 0. The van der Waals surface area contributed by atoms with Gasteiger partial charge in [0.2, 0.25) is 5.95 Å². The molecule has 1 aromatic heterocycles. The molecule has 104 valence electrons. The molecule has 0 unspecified atom stereocenters. The van der Waals surface area contributed by atoms with Crippen LogP contribution in [0.4, 0.5) is 11.6 Å². The van der Waals surface area contributed by atoms with Crippen LogP contribution in [-0.2, 0) is 5.41 Å². The molecule has 0 aliphatic heterocycles. The Morgan fingerprint density at radius 2 is 1.90 bits per heavy atom. The maximum atomic E-state index is 10.8. The second-order valence-electron chi connectivity index (χ2n) is 5.40. The molecule has 0 bridgehead atoms. The quantitative estimate of drug-likeness (QED) is 0.664. The largest absolute Gasteiger partial charge is 0.368 e. The van der Waals surface area contributed by atoms with E-state index in [1.54, 1.807) is 12.1 Å². The SMILES string of the molecule is CC(C)(C)c1nc(N)nc(-c2cccc([N+](=O)[O-])c2)n1. The van der Waals surface area contributed by atoms with Gasteiger partial charge in [0.1, 0.15) is 5.82 Å². The lowest BCUT2D eigenvalue weighted by Crippen LogP contribution is -2.18. The van der Waals surface area contributed by atoms with Gasteiger partial charge in [-0.25, -0.2) is 4.98 Å². The summed E-state index contributed by atoms with van der Waals surface area (Å²) in [5.41, 5.74) is 5.94. The molecule has 0 aliphatic carbocycles. The van der Waals surface area contributed by atoms with Crippen molar-refractivity contribution in [1.29, 1.82) is 0 Å². The summed E-state index contributed by atoms with van der Waals surface area (Å²) in [6, 6.07) is 6.12. The fourth-order valence-corrected chi connectivity index (χ4v) is 1.62. The first-order valence-corrected chi connectivity index (χ1v) is 6.04.